The summed E-state index contributed by atoms with van der Waals surface area (Å²) in [6, 6.07) is 29.7. The molecule has 2 aromatic heterocycles. The van der Waals surface area contributed by atoms with Gasteiger partial charge in [0.2, 0.25) is 0 Å². The lowest BCUT2D eigenvalue weighted by Crippen LogP contribution is -2.55. The Morgan fingerprint density at radius 2 is 0.645 bits per heavy atom. The summed E-state index contributed by atoms with van der Waals surface area (Å²) in [6.45, 7) is 23.2. The Hall–Kier alpha value is -6.50. The molecule has 0 spiro atoms. The van der Waals surface area contributed by atoms with Crippen LogP contribution in [0.3, 0.4) is 0 Å². The second-order valence-electron chi connectivity index (χ2n) is 26.1. The summed E-state index contributed by atoms with van der Waals surface area (Å²) < 4.78 is 75.6. The Balaban J connectivity index is 0.000000120. The minimum Gasteiger partial charge on any atom is -0.491 e. The van der Waals surface area contributed by atoms with Crippen molar-refractivity contribution in [1.29, 1.82) is 0 Å². The van der Waals surface area contributed by atoms with Crippen LogP contribution in [0.4, 0.5) is 5.69 Å². The van der Waals surface area contributed by atoms with E-state index < -0.39 is 42.2 Å². The molecule has 10 unspecified atom stereocenters. The molecular formula is C66H89N7O19Si. The molecule has 0 saturated carbocycles. The third kappa shape index (κ3) is 19.1. The largest absolute Gasteiger partial charge is 0.491 e. The number of hydrogen-bond acceptors (Lipinski definition) is 20. The van der Waals surface area contributed by atoms with Crippen LogP contribution in [0.1, 0.15) is 52.2 Å². The molecular weight excluding hydrogens is 1220 g/mol. The van der Waals surface area contributed by atoms with Gasteiger partial charge in [-0.15, -0.1) is 0 Å². The Labute approximate surface area is 539 Å². The van der Waals surface area contributed by atoms with Gasteiger partial charge in [0.05, 0.1) is 150 Å². The summed E-state index contributed by atoms with van der Waals surface area (Å²) in [4.78, 5) is 77.7. The number of hydrogen-bond donors (Lipinski definition) is 0. The smallest absolute Gasteiger partial charge is 0.336 e. The molecule has 506 valence electrons. The monoisotopic (exact) mass is 1310 g/mol. The highest BCUT2D eigenvalue weighted by Crippen LogP contribution is 2.34. The third-order valence-corrected chi connectivity index (χ3v) is 24.5. The van der Waals surface area contributed by atoms with Crippen molar-refractivity contribution in [2.75, 3.05) is 104 Å². The first-order valence-corrected chi connectivity index (χ1v) is 35.9. The second kappa shape index (κ2) is 29.6. The van der Waals surface area contributed by atoms with Crippen LogP contribution in [-0.4, -0.2) is 195 Å². The number of anilines is 1. The van der Waals surface area contributed by atoms with Gasteiger partial charge in [0, 0.05) is 30.7 Å². The highest BCUT2D eigenvalue weighted by molar-refractivity contribution is 6.79. The lowest BCUT2D eigenvalue weighted by Gasteiger charge is -2.28. The van der Waals surface area contributed by atoms with E-state index in [-0.39, 0.29) is 80.9 Å². The number of rotatable bonds is 33. The first kappa shape index (κ1) is 66.5. The van der Waals surface area contributed by atoms with E-state index in [9.17, 15) is 28.8 Å². The maximum atomic E-state index is 12.8. The van der Waals surface area contributed by atoms with E-state index in [1.165, 1.54) is 39.5 Å². The lowest BCUT2D eigenvalue weighted by atomic mass is 9.78. The van der Waals surface area contributed by atoms with Crippen LogP contribution >= 0.6 is 0 Å². The van der Waals surface area contributed by atoms with Crippen molar-refractivity contribution in [2.45, 2.75) is 171 Å². The first-order chi connectivity index (χ1) is 45.0. The minimum absolute atomic E-state index is 0.0870. The summed E-state index contributed by atoms with van der Waals surface area (Å²) in [5.74, 6) is 2.68. The van der Waals surface area contributed by atoms with Gasteiger partial charge in [-0.2, -0.15) is 0 Å². The number of epoxide rings is 10. The van der Waals surface area contributed by atoms with Gasteiger partial charge in [-0.25, -0.2) is 56.2 Å². The number of benzene rings is 3. The summed E-state index contributed by atoms with van der Waals surface area (Å²) in [7, 11) is -1.31. The molecule has 0 bridgehead atoms. The van der Waals surface area contributed by atoms with Crippen LogP contribution in [-0.2, 0) is 92.1 Å². The van der Waals surface area contributed by atoms with Crippen molar-refractivity contribution in [1.82, 2.24) is 27.4 Å². The zero-order valence-electron chi connectivity index (χ0n) is 54.0. The van der Waals surface area contributed by atoms with Gasteiger partial charge in [-0.05, 0) is 66.1 Å². The average Bonchev–Trinajstić information content (AvgIpc) is 1.75. The molecule has 5 aromatic rings. The maximum absolute atomic E-state index is 12.8. The van der Waals surface area contributed by atoms with Crippen molar-refractivity contribution in [2.24, 2.45) is 0 Å². The molecule has 10 fully saturated rings. The molecule has 0 amide bonds. The molecule has 93 heavy (non-hydrogen) atoms. The Kier molecular flexibility index (Phi) is 21.2. The standard InChI is InChI=1S/C21H24O4.C18H31N3O5Si.C15H19NO4.C12H15N3O6/c1-21(2,15-3-7-17(8-4-15)22-11-19-13-24-19)16-5-9-18(10-6-16)23-12-20-14-25-20;1-4-27(5-2,6-3)9-7-8-19-16(22)20(10-14-12-25-14)18(24)21(17(19)23)11-15-13-26-15;1-3-12(17-9-15-10-20-15)4-2-11(1)16(5-13-7-18-13)6-14-8-19-14;16-10-13(1-7-4-19-7)11(17)15(3-9-6-21-9)12(18)14(10)2-8-5-20-8/h3-10,19-20H,11-14H2,1-2H3;14-15H,4-13H2,1-3H3;1-4,13-15H,5-10H2;7-9H,1-6H2. The predicted molar refractivity (Wildman–Crippen MR) is 343 cm³/mol. The molecule has 0 N–H and O–H groups in total. The Morgan fingerprint density at radius 3 is 0.903 bits per heavy atom. The van der Waals surface area contributed by atoms with Crippen LogP contribution in [0.5, 0.6) is 17.2 Å². The quantitative estimate of drug-likeness (QED) is 0.0431. The van der Waals surface area contributed by atoms with E-state index >= 15 is 0 Å². The summed E-state index contributed by atoms with van der Waals surface area (Å²) in [5, 5.41) is 0. The van der Waals surface area contributed by atoms with E-state index in [0.29, 0.717) is 77.7 Å². The zero-order chi connectivity index (χ0) is 64.8. The minimum atomic E-state index is -1.31. The van der Waals surface area contributed by atoms with Gasteiger partial charge in [0.15, 0.2) is 0 Å². The van der Waals surface area contributed by atoms with E-state index in [2.05, 4.69) is 75.9 Å². The van der Waals surface area contributed by atoms with E-state index in [0.717, 1.165) is 98.7 Å². The number of ether oxygens (including phenoxy) is 13. The van der Waals surface area contributed by atoms with E-state index in [1.807, 2.05) is 36.4 Å². The molecule has 26 nitrogen and oxygen atoms in total. The van der Waals surface area contributed by atoms with Gasteiger partial charge in [-0.1, -0.05) is 83.1 Å². The maximum Gasteiger partial charge on any atom is 0.336 e. The molecule has 10 aliphatic heterocycles. The van der Waals surface area contributed by atoms with Crippen LogP contribution in [0.2, 0.25) is 24.2 Å². The van der Waals surface area contributed by atoms with Crippen molar-refractivity contribution in [3.8, 4) is 17.2 Å². The number of aromatic nitrogens is 6. The molecule has 27 heteroatoms. The van der Waals surface area contributed by atoms with Gasteiger partial charge in [-0.3, -0.25) is 0 Å². The van der Waals surface area contributed by atoms with Gasteiger partial charge < -0.3 is 66.5 Å². The molecule has 10 atom stereocenters. The highest BCUT2D eigenvalue weighted by Gasteiger charge is 2.36. The van der Waals surface area contributed by atoms with Crippen molar-refractivity contribution in [3.05, 3.63) is 147 Å². The molecule has 0 radical (unpaired) electrons. The van der Waals surface area contributed by atoms with Crippen LogP contribution < -0.4 is 53.2 Å². The highest BCUT2D eigenvalue weighted by atomic mass is 28.3. The Morgan fingerprint density at radius 1 is 0.387 bits per heavy atom. The summed E-state index contributed by atoms with van der Waals surface area (Å²) >= 11 is 0. The van der Waals surface area contributed by atoms with Crippen LogP contribution in [0, 0.1) is 0 Å². The van der Waals surface area contributed by atoms with Gasteiger partial charge in [0.1, 0.15) is 55.4 Å². The SMILES string of the molecule is CC(C)(c1ccc(OCC2CO2)cc1)c1ccc(OCC2CO2)cc1.CC[Si](CC)(CC)CCCn1c(=O)n(CC2CO2)c(=O)n(CC2CO2)c1=O.O=c1n(CC2CO2)c(=O)n(CC2CO2)c(=O)n1CC1CO1.c1cc(N(CC2CO2)CC2CO2)ccc1OCC1CO1. The number of nitrogens with zero attached hydrogens (tertiary/aromatic N) is 7. The lowest BCUT2D eigenvalue weighted by molar-refractivity contribution is 0.263. The average molecular weight is 1310 g/mol. The molecule has 15 rings (SSSR count). The fourth-order valence-corrected chi connectivity index (χ4v) is 14.6. The topological polar surface area (TPSA) is 288 Å². The summed E-state index contributed by atoms with van der Waals surface area (Å²) in [6.07, 6.45) is 1.86. The molecule has 10 saturated heterocycles. The molecule has 10 aliphatic rings. The molecule has 3 aromatic carbocycles. The molecule has 0 aliphatic carbocycles. The van der Waals surface area contributed by atoms with Crippen molar-refractivity contribution < 1.29 is 61.6 Å². The predicted octanol–water partition coefficient (Wildman–Crippen LogP) is 2.87. The fourth-order valence-electron chi connectivity index (χ4n) is 11.2. The van der Waals surface area contributed by atoms with E-state index in [4.69, 9.17) is 61.6 Å². The Bertz CT molecular complexity index is 3410. The van der Waals surface area contributed by atoms with Crippen molar-refractivity contribution >= 4 is 13.8 Å². The van der Waals surface area contributed by atoms with Gasteiger partial charge in [0.25, 0.3) is 0 Å². The summed E-state index contributed by atoms with van der Waals surface area (Å²) in [5.41, 5.74) is 0.270. The van der Waals surface area contributed by atoms with Crippen LogP contribution in [0.25, 0.3) is 0 Å². The van der Waals surface area contributed by atoms with Crippen molar-refractivity contribution in [3.63, 3.8) is 0 Å². The van der Waals surface area contributed by atoms with Gasteiger partial charge >= 0.3 is 34.1 Å². The molecule has 12 heterocycles. The normalized spacial score (nSPS) is 25.1. The fraction of sp³-hybridized carbons (Fsp3) is 0.636. The first-order valence-electron chi connectivity index (χ1n) is 33.0. The zero-order valence-corrected chi connectivity index (χ0v) is 55.0. The second-order valence-corrected chi connectivity index (χ2v) is 31.7. The van der Waals surface area contributed by atoms with E-state index in [1.54, 1.807) is 0 Å². The third-order valence-electron chi connectivity index (χ3n) is 18.6. The van der Waals surface area contributed by atoms with Crippen LogP contribution in [0.15, 0.2) is 102 Å².